The Bertz CT molecular complexity index is 2150. The van der Waals surface area contributed by atoms with Crippen LogP contribution in [-0.4, -0.2) is 257 Å². The number of hydrogen-bond acceptors (Lipinski definition) is 30. The van der Waals surface area contributed by atoms with Crippen LogP contribution in [0.15, 0.2) is 0 Å². The topological polar surface area (TPSA) is 277 Å². The van der Waals surface area contributed by atoms with Crippen LogP contribution in [0.5, 0.6) is 0 Å². The lowest BCUT2D eigenvalue weighted by molar-refractivity contribution is 0.243. The van der Waals surface area contributed by atoms with E-state index in [9.17, 15) is 0 Å². The molecule has 0 unspecified atom stereocenters. The molecule has 0 radical (unpaired) electrons. The van der Waals surface area contributed by atoms with Crippen molar-refractivity contribution in [2.75, 3.05) is 0 Å². The Kier molecular flexibility index (Phi) is 41.9. The maximum atomic E-state index is 7.03. The molecule has 1 heterocycles. The first kappa shape index (κ1) is 123. The standard InChI is InChI=1S/C60H180O30Si30/c1-91(2)61-92(3,4)63-94(7,8)65-96(11,12)67-98(15,16)69-100(19,20)71-102(23,24)73-104(27,28)75-106(31,32)77-108(35,36)79-110(39,40)81-112(43,44)83-114(47,48)85-116(51,52)87-118(55,56)89-120(59,60)90-119(57,58)88-117(53,54)86-115(49,50)84-113(45,46)82-111(41,42)80-109(37,38)78-107(33,34)76-105(29,30)74-103(25,26)72-101(21,22)70-99(17,18)68-97(13,14)66-95(9,10)64-93(5,6)62-91/h1-60H3. The zero-order chi connectivity index (χ0) is 96.2. The van der Waals surface area contributed by atoms with Gasteiger partial charge in [-0.3, -0.25) is 0 Å². The smallest absolute Gasteiger partial charge is 0.314 e. The van der Waals surface area contributed by atoms with Crippen LogP contribution in [0.2, 0.25) is 393 Å². The summed E-state index contributed by atoms with van der Waals surface area (Å²) in [6.45, 7) is 123. The van der Waals surface area contributed by atoms with Crippen molar-refractivity contribution in [1.82, 2.24) is 0 Å². The van der Waals surface area contributed by atoms with Crippen molar-refractivity contribution in [2.45, 2.75) is 393 Å². The molecule has 0 amide bonds. The molecule has 0 aromatic heterocycles. The molecule has 1 aliphatic rings. The summed E-state index contributed by atoms with van der Waals surface area (Å²) in [6, 6.07) is 0. The summed E-state index contributed by atoms with van der Waals surface area (Å²) in [5.74, 6) is 0. The fourth-order valence-corrected chi connectivity index (χ4v) is 177. The van der Waals surface area contributed by atoms with Crippen molar-refractivity contribution in [3.63, 3.8) is 0 Å². The normalized spacial score (nSPS) is 31.5. The van der Waals surface area contributed by atoms with Crippen LogP contribution < -0.4 is 0 Å². The third-order valence-electron chi connectivity index (χ3n) is 14.7. The Morgan fingerprint density at radius 2 is 0.0667 bits per heavy atom. The van der Waals surface area contributed by atoms with E-state index in [0.717, 1.165) is 0 Å². The van der Waals surface area contributed by atoms with E-state index in [0.29, 0.717) is 0 Å². The molecule has 0 saturated carbocycles. The summed E-state index contributed by atoms with van der Waals surface area (Å²) in [6.07, 6.45) is 0. The van der Waals surface area contributed by atoms with Crippen LogP contribution in [0, 0.1) is 0 Å². The maximum Gasteiger partial charge on any atom is 0.314 e. The van der Waals surface area contributed by atoms with Gasteiger partial charge >= 0.3 is 257 Å². The Hall–Kier alpha value is 5.31. The summed E-state index contributed by atoms with van der Waals surface area (Å²) < 4.78 is 211. The van der Waals surface area contributed by atoms with Crippen molar-refractivity contribution < 1.29 is 123 Å². The zero-order valence-electron chi connectivity index (χ0n) is 87.2. The molecular weight excluding hydrogens is 2040 g/mol. The van der Waals surface area contributed by atoms with Crippen molar-refractivity contribution in [3.8, 4) is 0 Å². The first-order chi connectivity index (χ1) is 51.2. The van der Waals surface area contributed by atoms with E-state index >= 15 is 0 Å². The monoisotopic (exact) mass is 2220 g/mol. The molecule has 120 heavy (non-hydrogen) atoms. The minimum atomic E-state index is -2.94. The Balaban J connectivity index is 3.81. The van der Waals surface area contributed by atoms with Gasteiger partial charge in [-0.25, -0.2) is 0 Å². The predicted octanol–water partition coefficient (Wildman–Crippen LogP) is 21.6. The average molecular weight is 2220 g/mol. The van der Waals surface area contributed by atoms with Gasteiger partial charge in [0.15, 0.2) is 0 Å². The molecule has 0 aromatic rings. The molecule has 0 bridgehead atoms. The molecule has 1 saturated heterocycles. The Morgan fingerprint density at radius 1 is 0.0500 bits per heavy atom. The molecule has 0 N–H and O–H groups in total. The van der Waals surface area contributed by atoms with Crippen LogP contribution >= 0.6 is 0 Å². The Morgan fingerprint density at radius 3 is 0.0833 bits per heavy atom. The van der Waals surface area contributed by atoms with Gasteiger partial charge in [0.25, 0.3) is 0 Å². The van der Waals surface area contributed by atoms with Crippen LogP contribution in [-0.2, 0) is 123 Å². The van der Waals surface area contributed by atoms with Crippen LogP contribution in [0.3, 0.4) is 0 Å². The first-order valence-electron chi connectivity index (χ1n) is 42.2. The summed E-state index contributed by atoms with van der Waals surface area (Å²) in [5, 5.41) is 0. The maximum absolute atomic E-state index is 7.03. The van der Waals surface area contributed by atoms with Gasteiger partial charge in [-0.1, -0.05) is 0 Å². The van der Waals surface area contributed by atoms with Crippen molar-refractivity contribution in [3.05, 3.63) is 0 Å². The van der Waals surface area contributed by atoms with Gasteiger partial charge in [0.2, 0.25) is 0 Å². The fourth-order valence-electron chi connectivity index (χ4n) is 18.4. The predicted molar refractivity (Wildman–Crippen MR) is 557 cm³/mol. The van der Waals surface area contributed by atoms with Gasteiger partial charge in [-0.2, -0.15) is 0 Å². The highest BCUT2D eigenvalue weighted by molar-refractivity contribution is 6.99. The lowest BCUT2D eigenvalue weighted by Gasteiger charge is -2.45. The van der Waals surface area contributed by atoms with Gasteiger partial charge in [0.1, 0.15) is 0 Å². The van der Waals surface area contributed by atoms with Crippen LogP contribution in [0.25, 0.3) is 0 Å². The van der Waals surface area contributed by atoms with E-state index < -0.39 is 257 Å². The third-order valence-corrected chi connectivity index (χ3v) is 133. The molecular formula is C60H180O30Si30. The van der Waals surface area contributed by atoms with Crippen LogP contribution in [0.1, 0.15) is 0 Å². The molecule has 0 aromatic carbocycles. The minimum absolute atomic E-state index is 2.05. The molecule has 30 nitrogen and oxygen atoms in total. The number of hydrogen-bond donors (Lipinski definition) is 0. The SMILES string of the molecule is C[Si]1(C)O[Si](C)(C)O[Si](C)(C)O[Si](C)(C)O[Si](C)(C)O[Si](C)(C)O[Si](C)(C)O[Si](C)(C)O[Si](C)(C)O[Si](C)(C)O[Si](C)(C)O[Si](C)(C)O[Si](C)(C)O[Si](C)(C)O[Si](C)(C)O[Si](C)(C)O[Si](C)(C)O[Si](C)(C)O[Si](C)(C)O[Si](C)(C)O[Si](C)(C)O[Si](C)(C)O[Si](C)(C)O[Si](C)(C)O[Si](C)(C)O[Si](C)(C)O[Si](C)(C)O[Si](C)(C)O[Si](C)(C)O[Si](C)(C)O1. The van der Waals surface area contributed by atoms with E-state index in [1.807, 2.05) is 0 Å². The first-order valence-corrected chi connectivity index (χ1v) is 127. The Labute approximate surface area is 766 Å². The fraction of sp³-hybridized carbons (Fsp3) is 1.00. The molecule has 1 fully saturated rings. The van der Waals surface area contributed by atoms with Gasteiger partial charge in [0, 0.05) is 0 Å². The number of rotatable bonds is 0. The summed E-state index contributed by atoms with van der Waals surface area (Å²) in [4.78, 5) is 0. The molecule has 720 valence electrons. The van der Waals surface area contributed by atoms with Gasteiger partial charge in [-0.05, 0) is 393 Å². The average Bonchev–Trinajstić information content (AvgIpc) is 0.802. The molecule has 1 rings (SSSR count). The van der Waals surface area contributed by atoms with Gasteiger partial charge in [-0.15, -0.1) is 0 Å². The zero-order valence-corrected chi connectivity index (χ0v) is 117. The van der Waals surface area contributed by atoms with Gasteiger partial charge in [0.05, 0.1) is 0 Å². The molecule has 0 atom stereocenters. The summed E-state index contributed by atoms with van der Waals surface area (Å²) in [7, 11) is -88.1. The summed E-state index contributed by atoms with van der Waals surface area (Å²) >= 11 is 0. The molecule has 0 spiro atoms. The lowest BCUT2D eigenvalue weighted by atomic mass is 11.9. The highest BCUT2D eigenvalue weighted by Gasteiger charge is 2.59. The largest absolute Gasteiger partial charge is 0.416 e. The highest BCUT2D eigenvalue weighted by Crippen LogP contribution is 2.39. The molecule has 1 aliphatic heterocycles. The highest BCUT2D eigenvalue weighted by atomic mass is 28.6. The third kappa shape index (κ3) is 53.7. The quantitative estimate of drug-likeness (QED) is 0.204. The molecule has 60 heteroatoms. The van der Waals surface area contributed by atoms with Crippen molar-refractivity contribution in [2.24, 2.45) is 0 Å². The second kappa shape index (κ2) is 40.8. The van der Waals surface area contributed by atoms with Gasteiger partial charge < -0.3 is 123 Å². The minimum Gasteiger partial charge on any atom is -0.416 e. The van der Waals surface area contributed by atoms with Crippen molar-refractivity contribution >= 4 is 257 Å². The van der Waals surface area contributed by atoms with Crippen molar-refractivity contribution in [1.29, 1.82) is 0 Å². The second-order valence-electron chi connectivity index (χ2n) is 45.1. The van der Waals surface area contributed by atoms with E-state index in [2.05, 4.69) is 393 Å². The van der Waals surface area contributed by atoms with E-state index in [1.54, 1.807) is 0 Å². The van der Waals surface area contributed by atoms with Crippen LogP contribution in [0.4, 0.5) is 0 Å². The van der Waals surface area contributed by atoms with E-state index in [-0.39, 0.29) is 0 Å². The molecule has 0 aliphatic carbocycles. The lowest BCUT2D eigenvalue weighted by Crippen LogP contribution is -2.63. The van der Waals surface area contributed by atoms with E-state index in [1.165, 1.54) is 0 Å². The second-order valence-corrected chi connectivity index (χ2v) is 154. The summed E-state index contributed by atoms with van der Waals surface area (Å²) in [5.41, 5.74) is 0. The van der Waals surface area contributed by atoms with E-state index in [4.69, 9.17) is 123 Å².